The van der Waals surface area contributed by atoms with Crippen LogP contribution in [0.25, 0.3) is 0 Å². The van der Waals surface area contributed by atoms with E-state index in [1.165, 1.54) is 63.4 Å². The van der Waals surface area contributed by atoms with Crippen molar-refractivity contribution in [1.82, 2.24) is 5.32 Å². The molecule has 1 rings (SSSR count). The highest BCUT2D eigenvalue weighted by Crippen LogP contribution is 2.28. The summed E-state index contributed by atoms with van der Waals surface area (Å²) in [5, 5.41) is 4.20. The third-order valence-electron chi connectivity index (χ3n) is 4.04. The average Bonchev–Trinajstić information content (AvgIpc) is 2.49. The number of nitrogens with one attached hydrogen (secondary N) is 1. The molecular weight excluding hydrogens is 346 g/mol. The maximum absolute atomic E-state index is 6.06. The van der Waals surface area contributed by atoms with E-state index in [1.54, 1.807) is 0 Å². The van der Waals surface area contributed by atoms with Gasteiger partial charge in [0.05, 0.1) is 5.02 Å². The zero-order chi connectivity index (χ0) is 15.5. The van der Waals surface area contributed by atoms with Crippen LogP contribution in [0.15, 0.2) is 22.7 Å². The lowest BCUT2D eigenvalue weighted by molar-refractivity contribution is 0.494. The lowest BCUT2D eigenvalue weighted by Gasteiger charge is -2.17. The normalized spacial score (nSPS) is 12.6. The molecule has 0 bridgehead atoms. The summed E-state index contributed by atoms with van der Waals surface area (Å²) >= 11 is 9.57. The maximum Gasteiger partial charge on any atom is 0.0548 e. The van der Waals surface area contributed by atoms with Crippen LogP contribution in [0.3, 0.4) is 0 Å². The number of benzene rings is 1. The van der Waals surface area contributed by atoms with E-state index in [0.717, 1.165) is 9.50 Å². The Kier molecular flexibility index (Phi) is 10.4. The van der Waals surface area contributed by atoms with Crippen molar-refractivity contribution in [1.29, 1.82) is 0 Å². The first-order chi connectivity index (χ1) is 10.2. The molecule has 0 saturated heterocycles. The quantitative estimate of drug-likeness (QED) is 0.416. The summed E-state index contributed by atoms with van der Waals surface area (Å²) in [6.45, 7) is 2.27. The lowest BCUT2D eigenvalue weighted by Crippen LogP contribution is -2.16. The monoisotopic (exact) mass is 373 g/mol. The van der Waals surface area contributed by atoms with E-state index in [-0.39, 0.29) is 0 Å². The molecule has 1 aromatic rings. The van der Waals surface area contributed by atoms with E-state index in [0.29, 0.717) is 6.04 Å². The van der Waals surface area contributed by atoms with Crippen molar-refractivity contribution in [3.8, 4) is 0 Å². The smallest absolute Gasteiger partial charge is 0.0548 e. The third kappa shape index (κ3) is 7.67. The Balaban J connectivity index is 2.23. The molecular formula is C18H29BrClN. The lowest BCUT2D eigenvalue weighted by atomic mass is 9.99. The van der Waals surface area contributed by atoms with Gasteiger partial charge in [0.2, 0.25) is 0 Å². The van der Waals surface area contributed by atoms with Gasteiger partial charge in [-0.05, 0) is 47.1 Å². The van der Waals surface area contributed by atoms with Gasteiger partial charge in [-0.2, -0.15) is 0 Å². The summed E-state index contributed by atoms with van der Waals surface area (Å²) in [5.74, 6) is 0. The van der Waals surface area contributed by atoms with Crippen LogP contribution in [-0.2, 0) is 0 Å². The third-order valence-corrected chi connectivity index (χ3v) is 5.25. The first kappa shape index (κ1) is 19.0. The zero-order valence-corrected chi connectivity index (χ0v) is 15.8. The summed E-state index contributed by atoms with van der Waals surface area (Å²) in [5.41, 5.74) is 1.32. The molecule has 0 radical (unpaired) electrons. The molecule has 1 N–H and O–H groups in total. The molecule has 0 saturated carbocycles. The molecule has 3 heteroatoms. The second kappa shape index (κ2) is 11.5. The maximum atomic E-state index is 6.06. The van der Waals surface area contributed by atoms with Crippen molar-refractivity contribution in [3.63, 3.8) is 0 Å². The Morgan fingerprint density at radius 1 is 1.05 bits per heavy atom. The van der Waals surface area contributed by atoms with Gasteiger partial charge in [0.1, 0.15) is 0 Å². The second-order valence-electron chi connectivity index (χ2n) is 5.78. The van der Waals surface area contributed by atoms with E-state index < -0.39 is 0 Å². The largest absolute Gasteiger partial charge is 0.313 e. The van der Waals surface area contributed by atoms with Crippen molar-refractivity contribution in [2.24, 2.45) is 0 Å². The van der Waals surface area contributed by atoms with Crippen molar-refractivity contribution < 1.29 is 0 Å². The summed E-state index contributed by atoms with van der Waals surface area (Å²) in [7, 11) is 2.04. The Bertz CT molecular complexity index is 395. The molecule has 1 aromatic carbocycles. The number of rotatable bonds is 11. The number of hydrogen-bond acceptors (Lipinski definition) is 1. The first-order valence-corrected chi connectivity index (χ1v) is 9.48. The van der Waals surface area contributed by atoms with Gasteiger partial charge in [0.25, 0.3) is 0 Å². The fourth-order valence-corrected chi connectivity index (χ4v) is 3.20. The molecule has 0 spiro atoms. The summed E-state index contributed by atoms with van der Waals surface area (Å²) in [6.07, 6.45) is 12.2. The van der Waals surface area contributed by atoms with Crippen LogP contribution >= 0.6 is 27.5 Å². The number of hydrogen-bond donors (Lipinski definition) is 1. The molecule has 0 amide bonds. The van der Waals surface area contributed by atoms with E-state index in [2.05, 4.69) is 40.3 Å². The van der Waals surface area contributed by atoms with Gasteiger partial charge < -0.3 is 5.32 Å². The zero-order valence-electron chi connectivity index (χ0n) is 13.4. The Morgan fingerprint density at radius 3 is 2.24 bits per heavy atom. The minimum absolute atomic E-state index is 0.429. The molecule has 0 heterocycles. The highest BCUT2D eigenvalue weighted by molar-refractivity contribution is 9.10. The van der Waals surface area contributed by atoms with Crippen LogP contribution in [0.4, 0.5) is 0 Å². The Hall–Kier alpha value is -0.0500. The summed E-state index contributed by atoms with van der Waals surface area (Å²) < 4.78 is 0.984. The topological polar surface area (TPSA) is 12.0 Å². The number of unbranched alkanes of at least 4 members (excludes halogenated alkanes) is 7. The minimum atomic E-state index is 0.429. The standard InChI is InChI=1S/C18H29BrClN/c1-3-4-5-6-7-8-9-10-11-18(21-2)15-12-13-17(20)16(19)14-15/h12-14,18,21H,3-11H2,1-2H3. The predicted octanol–water partition coefficient (Wildman–Crippen LogP) is 6.89. The van der Waals surface area contributed by atoms with Gasteiger partial charge in [-0.25, -0.2) is 0 Å². The molecule has 1 unspecified atom stereocenters. The molecule has 0 aliphatic carbocycles. The van der Waals surface area contributed by atoms with Crippen molar-refractivity contribution >= 4 is 27.5 Å². The van der Waals surface area contributed by atoms with E-state index >= 15 is 0 Å². The SMILES string of the molecule is CCCCCCCCCCC(NC)c1ccc(Cl)c(Br)c1. The molecule has 1 atom stereocenters. The Labute approximate surface area is 144 Å². The summed E-state index contributed by atoms with van der Waals surface area (Å²) in [4.78, 5) is 0. The van der Waals surface area contributed by atoms with Gasteiger partial charge in [-0.1, -0.05) is 76.0 Å². The minimum Gasteiger partial charge on any atom is -0.313 e. The van der Waals surface area contributed by atoms with Crippen LogP contribution in [0.5, 0.6) is 0 Å². The molecule has 1 nitrogen and oxygen atoms in total. The van der Waals surface area contributed by atoms with Crippen LogP contribution in [0.1, 0.15) is 76.3 Å². The molecule has 0 aliphatic heterocycles. The van der Waals surface area contributed by atoms with Gasteiger partial charge in [0.15, 0.2) is 0 Å². The van der Waals surface area contributed by atoms with Crippen molar-refractivity contribution in [3.05, 3.63) is 33.3 Å². The average molecular weight is 375 g/mol. The van der Waals surface area contributed by atoms with Crippen molar-refractivity contribution in [2.75, 3.05) is 7.05 Å². The van der Waals surface area contributed by atoms with Crippen molar-refractivity contribution in [2.45, 2.75) is 70.8 Å². The van der Waals surface area contributed by atoms with E-state index in [1.807, 2.05) is 13.1 Å². The molecule has 21 heavy (non-hydrogen) atoms. The molecule has 0 aromatic heterocycles. The fraction of sp³-hybridized carbons (Fsp3) is 0.667. The Morgan fingerprint density at radius 2 is 1.67 bits per heavy atom. The highest BCUT2D eigenvalue weighted by atomic mass is 79.9. The van der Waals surface area contributed by atoms with Gasteiger partial charge in [-0.3, -0.25) is 0 Å². The van der Waals surface area contributed by atoms with Crippen LogP contribution in [-0.4, -0.2) is 7.05 Å². The fourth-order valence-electron chi connectivity index (χ4n) is 2.69. The highest BCUT2D eigenvalue weighted by Gasteiger charge is 2.10. The molecule has 0 fully saturated rings. The van der Waals surface area contributed by atoms with E-state index in [4.69, 9.17) is 11.6 Å². The van der Waals surface area contributed by atoms with Gasteiger partial charge >= 0.3 is 0 Å². The van der Waals surface area contributed by atoms with Gasteiger partial charge in [0, 0.05) is 10.5 Å². The summed E-state index contributed by atoms with van der Waals surface area (Å²) in [6, 6.07) is 6.66. The van der Waals surface area contributed by atoms with Crippen LogP contribution in [0.2, 0.25) is 5.02 Å². The van der Waals surface area contributed by atoms with Crippen LogP contribution in [0, 0.1) is 0 Å². The van der Waals surface area contributed by atoms with Gasteiger partial charge in [-0.15, -0.1) is 0 Å². The predicted molar refractivity (Wildman–Crippen MR) is 98.2 cm³/mol. The first-order valence-electron chi connectivity index (χ1n) is 8.31. The van der Waals surface area contributed by atoms with Crippen LogP contribution < -0.4 is 5.32 Å². The number of halogens is 2. The second-order valence-corrected chi connectivity index (χ2v) is 7.04. The van der Waals surface area contributed by atoms with E-state index in [9.17, 15) is 0 Å². The molecule has 120 valence electrons. The molecule has 0 aliphatic rings.